The summed E-state index contributed by atoms with van der Waals surface area (Å²) in [6.45, 7) is 1.61. The normalized spacial score (nSPS) is 11.4. The van der Waals surface area contributed by atoms with Gasteiger partial charge in [0.2, 0.25) is 0 Å². The van der Waals surface area contributed by atoms with Crippen molar-refractivity contribution in [2.45, 2.75) is 13.0 Å². The van der Waals surface area contributed by atoms with Crippen LogP contribution >= 0.6 is 23.2 Å². The molecule has 7 heteroatoms. The zero-order chi connectivity index (χ0) is 17.0. The molecule has 1 unspecified atom stereocenters. The van der Waals surface area contributed by atoms with Crippen LogP contribution in [0.5, 0.6) is 5.75 Å². The van der Waals surface area contributed by atoms with Crippen molar-refractivity contribution in [1.82, 2.24) is 0 Å². The quantitative estimate of drug-likeness (QED) is 0.820. The summed E-state index contributed by atoms with van der Waals surface area (Å²) in [4.78, 5) is 12.1. The predicted octanol–water partition coefficient (Wildman–Crippen LogP) is 3.85. The van der Waals surface area contributed by atoms with E-state index in [0.29, 0.717) is 17.0 Å². The number of rotatable bonds is 4. The van der Waals surface area contributed by atoms with Crippen molar-refractivity contribution in [3.05, 3.63) is 52.0 Å². The maximum Gasteiger partial charge on any atom is 0.265 e. The summed E-state index contributed by atoms with van der Waals surface area (Å²) in [6, 6.07) is 11.5. The van der Waals surface area contributed by atoms with E-state index in [1.165, 1.54) is 12.1 Å². The van der Waals surface area contributed by atoms with Crippen LogP contribution in [0.15, 0.2) is 36.4 Å². The first-order valence-electron chi connectivity index (χ1n) is 6.63. The van der Waals surface area contributed by atoms with Crippen molar-refractivity contribution in [3.63, 3.8) is 0 Å². The standard InChI is InChI=1S/C16H13Cl2N3O2/c1-9(23-12-4-2-10(8-19)3-5-12)16(22)21-11-6-13(17)15(20)14(18)7-11/h2-7,9H,20H2,1H3,(H,21,22). The van der Waals surface area contributed by atoms with Crippen LogP contribution in [0.1, 0.15) is 12.5 Å². The number of hydrogen-bond donors (Lipinski definition) is 2. The SMILES string of the molecule is CC(Oc1ccc(C#N)cc1)C(=O)Nc1cc(Cl)c(N)c(Cl)c1. The molecular formula is C16H13Cl2N3O2. The summed E-state index contributed by atoms with van der Waals surface area (Å²) < 4.78 is 5.52. The molecule has 1 amide bonds. The molecule has 23 heavy (non-hydrogen) atoms. The Labute approximate surface area is 143 Å². The van der Waals surface area contributed by atoms with Gasteiger partial charge in [0.1, 0.15) is 5.75 Å². The average Bonchev–Trinajstić information content (AvgIpc) is 2.53. The van der Waals surface area contributed by atoms with Gasteiger partial charge in [-0.3, -0.25) is 4.79 Å². The van der Waals surface area contributed by atoms with Crippen LogP contribution in [0.4, 0.5) is 11.4 Å². The zero-order valence-electron chi connectivity index (χ0n) is 12.1. The van der Waals surface area contributed by atoms with Crippen LogP contribution in [0.2, 0.25) is 10.0 Å². The number of nitrogens with two attached hydrogens (primary N) is 1. The molecule has 118 valence electrons. The average molecular weight is 350 g/mol. The Hall–Kier alpha value is -2.42. The first-order valence-corrected chi connectivity index (χ1v) is 7.38. The molecule has 3 N–H and O–H groups in total. The first-order chi connectivity index (χ1) is 10.9. The lowest BCUT2D eigenvalue weighted by atomic mass is 10.2. The summed E-state index contributed by atoms with van der Waals surface area (Å²) in [7, 11) is 0. The van der Waals surface area contributed by atoms with E-state index in [4.69, 9.17) is 38.9 Å². The molecule has 0 bridgehead atoms. The van der Waals surface area contributed by atoms with Gasteiger partial charge < -0.3 is 15.8 Å². The highest BCUT2D eigenvalue weighted by Crippen LogP contribution is 2.31. The summed E-state index contributed by atoms with van der Waals surface area (Å²) in [5.74, 6) is 0.117. The van der Waals surface area contributed by atoms with Crippen LogP contribution in [-0.4, -0.2) is 12.0 Å². The predicted molar refractivity (Wildman–Crippen MR) is 90.8 cm³/mol. The number of nitrogens with zero attached hydrogens (tertiary/aromatic N) is 1. The molecule has 0 heterocycles. The zero-order valence-corrected chi connectivity index (χ0v) is 13.7. The number of carbonyl (C=O) groups excluding carboxylic acids is 1. The van der Waals surface area contributed by atoms with Crippen LogP contribution in [0, 0.1) is 11.3 Å². The maximum atomic E-state index is 12.1. The van der Waals surface area contributed by atoms with E-state index in [1.807, 2.05) is 6.07 Å². The van der Waals surface area contributed by atoms with Gasteiger partial charge in [-0.15, -0.1) is 0 Å². The lowest BCUT2D eigenvalue weighted by molar-refractivity contribution is -0.122. The third-order valence-electron chi connectivity index (χ3n) is 3.01. The van der Waals surface area contributed by atoms with Crippen molar-refractivity contribution in [3.8, 4) is 11.8 Å². The van der Waals surface area contributed by atoms with Gasteiger partial charge in [-0.2, -0.15) is 5.26 Å². The number of nitrogen functional groups attached to an aromatic ring is 1. The summed E-state index contributed by atoms with van der Waals surface area (Å²) in [6.07, 6.45) is -0.752. The summed E-state index contributed by atoms with van der Waals surface area (Å²) in [5.41, 5.74) is 6.84. The maximum absolute atomic E-state index is 12.1. The van der Waals surface area contributed by atoms with E-state index in [-0.39, 0.29) is 21.6 Å². The summed E-state index contributed by atoms with van der Waals surface area (Å²) >= 11 is 11.8. The molecule has 0 aliphatic heterocycles. The van der Waals surface area contributed by atoms with Crippen molar-refractivity contribution >= 4 is 40.5 Å². The molecule has 2 aromatic carbocycles. The Morgan fingerprint density at radius 3 is 2.35 bits per heavy atom. The monoisotopic (exact) mass is 349 g/mol. The Kier molecular flexibility index (Phi) is 5.32. The number of anilines is 2. The minimum Gasteiger partial charge on any atom is -0.481 e. The van der Waals surface area contributed by atoms with Crippen LogP contribution in [-0.2, 0) is 4.79 Å². The minimum atomic E-state index is -0.752. The number of carbonyl (C=O) groups is 1. The number of halogens is 2. The van der Waals surface area contributed by atoms with Gasteiger partial charge >= 0.3 is 0 Å². The molecule has 2 aromatic rings. The van der Waals surface area contributed by atoms with Crippen LogP contribution in [0.3, 0.4) is 0 Å². The second-order valence-electron chi connectivity index (χ2n) is 4.74. The molecule has 0 saturated carbocycles. The molecule has 2 rings (SSSR count). The molecule has 0 aromatic heterocycles. The molecule has 0 aliphatic rings. The molecule has 0 radical (unpaired) electrons. The van der Waals surface area contributed by atoms with Crippen molar-refractivity contribution in [2.24, 2.45) is 0 Å². The van der Waals surface area contributed by atoms with Crippen LogP contribution < -0.4 is 15.8 Å². The van der Waals surface area contributed by atoms with E-state index >= 15 is 0 Å². The number of nitriles is 1. The second kappa shape index (κ2) is 7.23. The Balaban J connectivity index is 2.03. The van der Waals surface area contributed by atoms with Crippen molar-refractivity contribution in [1.29, 1.82) is 5.26 Å². The lowest BCUT2D eigenvalue weighted by Gasteiger charge is -2.15. The third-order valence-corrected chi connectivity index (χ3v) is 3.64. The fourth-order valence-electron chi connectivity index (χ4n) is 1.77. The number of nitrogens with one attached hydrogen (secondary N) is 1. The number of ether oxygens (including phenoxy) is 1. The highest BCUT2D eigenvalue weighted by molar-refractivity contribution is 6.39. The van der Waals surface area contributed by atoms with Gasteiger partial charge in [-0.25, -0.2) is 0 Å². The van der Waals surface area contributed by atoms with Gasteiger partial charge in [0.05, 0.1) is 27.4 Å². The van der Waals surface area contributed by atoms with Gasteiger partial charge in [0.25, 0.3) is 5.91 Å². The Morgan fingerprint density at radius 2 is 1.83 bits per heavy atom. The van der Waals surface area contributed by atoms with Crippen molar-refractivity contribution in [2.75, 3.05) is 11.1 Å². The Bertz CT molecular complexity index is 747. The minimum absolute atomic E-state index is 0.258. The van der Waals surface area contributed by atoms with Gasteiger partial charge in [-0.05, 0) is 43.3 Å². The smallest absolute Gasteiger partial charge is 0.265 e. The van der Waals surface area contributed by atoms with E-state index in [1.54, 1.807) is 31.2 Å². The molecule has 0 spiro atoms. The van der Waals surface area contributed by atoms with E-state index in [2.05, 4.69) is 5.32 Å². The molecule has 0 saturated heterocycles. The topological polar surface area (TPSA) is 88.1 Å². The number of amides is 1. The molecule has 0 aliphatic carbocycles. The number of hydrogen-bond acceptors (Lipinski definition) is 4. The third kappa shape index (κ3) is 4.28. The highest BCUT2D eigenvalue weighted by Gasteiger charge is 2.16. The fraction of sp³-hybridized carbons (Fsp3) is 0.125. The molecule has 5 nitrogen and oxygen atoms in total. The van der Waals surface area contributed by atoms with Gasteiger partial charge in [-0.1, -0.05) is 23.2 Å². The Morgan fingerprint density at radius 1 is 1.26 bits per heavy atom. The van der Waals surface area contributed by atoms with Gasteiger partial charge in [0, 0.05) is 5.69 Å². The molecule has 1 atom stereocenters. The van der Waals surface area contributed by atoms with E-state index < -0.39 is 6.10 Å². The second-order valence-corrected chi connectivity index (χ2v) is 5.55. The molecular weight excluding hydrogens is 337 g/mol. The summed E-state index contributed by atoms with van der Waals surface area (Å²) in [5, 5.41) is 11.9. The van der Waals surface area contributed by atoms with E-state index in [0.717, 1.165) is 0 Å². The highest BCUT2D eigenvalue weighted by atomic mass is 35.5. The number of benzene rings is 2. The van der Waals surface area contributed by atoms with Crippen LogP contribution in [0.25, 0.3) is 0 Å². The fourth-order valence-corrected chi connectivity index (χ4v) is 2.25. The first kappa shape index (κ1) is 16.9. The largest absolute Gasteiger partial charge is 0.481 e. The van der Waals surface area contributed by atoms with Crippen molar-refractivity contribution < 1.29 is 9.53 Å². The van der Waals surface area contributed by atoms with Gasteiger partial charge in [0.15, 0.2) is 6.10 Å². The molecule has 0 fully saturated rings. The van der Waals surface area contributed by atoms with E-state index in [9.17, 15) is 4.79 Å². The lowest BCUT2D eigenvalue weighted by Crippen LogP contribution is -2.30.